The zero-order valence-electron chi connectivity index (χ0n) is 10.5. The molecular formula is C12H8N4O4S-2. The average molecular weight is 304 g/mol. The van der Waals surface area contributed by atoms with Crippen LogP contribution in [0.1, 0.15) is 20.7 Å². The molecule has 2 rings (SSSR count). The number of aliphatic imine (C=N–C) groups is 1. The van der Waals surface area contributed by atoms with Crippen molar-refractivity contribution in [2.24, 2.45) is 15.8 Å². The lowest BCUT2D eigenvalue weighted by atomic mass is 10.1. The minimum Gasteiger partial charge on any atom is -0.545 e. The normalized spacial score (nSPS) is 15.9. The van der Waals surface area contributed by atoms with Gasteiger partial charge in [-0.2, -0.15) is 5.10 Å². The van der Waals surface area contributed by atoms with E-state index in [1.54, 1.807) is 0 Å². The largest absolute Gasteiger partial charge is 0.545 e. The fourth-order valence-electron chi connectivity index (χ4n) is 1.49. The molecule has 1 aromatic carbocycles. The molecule has 0 saturated heterocycles. The second kappa shape index (κ2) is 5.67. The van der Waals surface area contributed by atoms with Crippen molar-refractivity contribution in [3.05, 3.63) is 41.6 Å². The Kier molecular flexibility index (Phi) is 3.94. The van der Waals surface area contributed by atoms with E-state index < -0.39 is 11.9 Å². The number of carboxylic acid groups (broad SMARTS) is 2. The van der Waals surface area contributed by atoms with Crippen LogP contribution in [0.25, 0.3) is 0 Å². The number of nitrogens with one attached hydrogen (secondary N) is 1. The number of anilines is 1. The van der Waals surface area contributed by atoms with Gasteiger partial charge in [-0.1, -0.05) is 6.58 Å². The van der Waals surface area contributed by atoms with Crippen molar-refractivity contribution < 1.29 is 19.8 Å². The Hall–Kier alpha value is -2.81. The van der Waals surface area contributed by atoms with Crippen LogP contribution in [0.2, 0.25) is 0 Å². The van der Waals surface area contributed by atoms with Gasteiger partial charge in [-0.15, -0.1) is 0 Å². The second-order valence-corrected chi connectivity index (χ2v) is 4.91. The molecule has 0 unspecified atom stereocenters. The second-order valence-electron chi connectivity index (χ2n) is 3.90. The van der Waals surface area contributed by atoms with E-state index in [2.05, 4.69) is 22.1 Å². The first kappa shape index (κ1) is 14.6. The highest BCUT2D eigenvalue weighted by Gasteiger charge is 2.16. The molecule has 0 amide bonds. The van der Waals surface area contributed by atoms with Gasteiger partial charge in [0.1, 0.15) is 5.04 Å². The molecule has 1 heterocycles. The van der Waals surface area contributed by atoms with Crippen LogP contribution in [-0.2, 0) is 0 Å². The van der Waals surface area contributed by atoms with Crippen molar-refractivity contribution >= 4 is 39.6 Å². The summed E-state index contributed by atoms with van der Waals surface area (Å²) in [5, 5.41) is 26.3. The van der Waals surface area contributed by atoms with E-state index in [1.165, 1.54) is 12.1 Å². The maximum absolute atomic E-state index is 10.8. The Morgan fingerprint density at radius 2 is 1.81 bits per heavy atom. The minimum absolute atomic E-state index is 0.141. The number of hydrogen-bond acceptors (Lipinski definition) is 9. The molecule has 0 saturated carbocycles. The van der Waals surface area contributed by atoms with E-state index in [1.807, 2.05) is 0 Å². The van der Waals surface area contributed by atoms with Gasteiger partial charge in [0, 0.05) is 0 Å². The number of hydrazone groups is 1. The molecule has 8 nitrogen and oxygen atoms in total. The van der Waals surface area contributed by atoms with E-state index in [-0.39, 0.29) is 22.0 Å². The van der Waals surface area contributed by atoms with E-state index >= 15 is 0 Å². The summed E-state index contributed by atoms with van der Waals surface area (Å²) in [6.45, 7) is 3.62. The lowest BCUT2D eigenvalue weighted by molar-refractivity contribution is -0.255. The van der Waals surface area contributed by atoms with Crippen LogP contribution in [0.15, 0.2) is 40.6 Å². The van der Waals surface area contributed by atoms with Crippen molar-refractivity contribution in [2.75, 3.05) is 5.43 Å². The summed E-state index contributed by atoms with van der Waals surface area (Å²) in [7, 11) is 0. The molecule has 1 aromatic rings. The summed E-state index contributed by atoms with van der Waals surface area (Å²) in [6.07, 6.45) is 0. The quantitative estimate of drug-likeness (QED) is 0.659. The Morgan fingerprint density at radius 1 is 1.24 bits per heavy atom. The van der Waals surface area contributed by atoms with Crippen molar-refractivity contribution in [1.82, 2.24) is 0 Å². The number of carbonyl (C=O) groups is 2. The Morgan fingerprint density at radius 3 is 2.24 bits per heavy atom. The van der Waals surface area contributed by atoms with E-state index in [9.17, 15) is 19.8 Å². The first-order valence-corrected chi connectivity index (χ1v) is 6.31. The van der Waals surface area contributed by atoms with Gasteiger partial charge in [0.25, 0.3) is 0 Å². The van der Waals surface area contributed by atoms with Gasteiger partial charge in [-0.25, -0.2) is 4.99 Å². The summed E-state index contributed by atoms with van der Waals surface area (Å²) in [5.74, 6) is -3.03. The Labute approximate surface area is 123 Å². The molecule has 108 valence electrons. The Balaban J connectivity index is 2.28. The van der Waals surface area contributed by atoms with Crippen LogP contribution in [0.4, 0.5) is 5.69 Å². The van der Waals surface area contributed by atoms with Crippen LogP contribution >= 0.6 is 11.8 Å². The number of nitrogens with zero attached hydrogens (tertiary/aromatic N) is 2. The fourth-order valence-corrected chi connectivity index (χ4v) is 2.10. The zero-order chi connectivity index (χ0) is 15.6. The molecule has 1 aliphatic rings. The van der Waals surface area contributed by atoms with Gasteiger partial charge in [0.15, 0.2) is 5.17 Å². The first-order valence-electron chi connectivity index (χ1n) is 5.49. The number of carbonyl (C=O) groups excluding carboxylic acids is 2. The number of nitrogens with two attached hydrogens (primary N) is 1. The van der Waals surface area contributed by atoms with E-state index in [0.29, 0.717) is 10.7 Å². The van der Waals surface area contributed by atoms with Gasteiger partial charge < -0.3 is 25.5 Å². The van der Waals surface area contributed by atoms with E-state index in [4.69, 9.17) is 5.73 Å². The van der Waals surface area contributed by atoms with Gasteiger partial charge in [-0.05, 0) is 41.1 Å². The number of carboxylic acids is 2. The molecule has 0 aromatic heterocycles. The zero-order valence-corrected chi connectivity index (χ0v) is 11.3. The average Bonchev–Trinajstić information content (AvgIpc) is 2.74. The topological polar surface area (TPSA) is 143 Å². The van der Waals surface area contributed by atoms with E-state index in [0.717, 1.165) is 17.8 Å². The fraction of sp³-hybridized carbons (Fsp3) is 0. The number of aromatic carboxylic acids is 2. The molecule has 9 heteroatoms. The molecule has 0 fully saturated rings. The molecule has 0 atom stereocenters. The predicted octanol–water partition coefficient (Wildman–Crippen LogP) is -1.29. The number of amidine groups is 1. The van der Waals surface area contributed by atoms with Gasteiger partial charge >= 0.3 is 0 Å². The summed E-state index contributed by atoms with van der Waals surface area (Å²) in [4.78, 5) is 25.5. The number of rotatable bonds is 4. The van der Waals surface area contributed by atoms with Crippen LogP contribution < -0.4 is 21.4 Å². The molecule has 0 radical (unpaired) electrons. The Bertz CT molecular complexity index is 679. The third-order valence-corrected chi connectivity index (χ3v) is 3.20. The summed E-state index contributed by atoms with van der Waals surface area (Å²) in [5.41, 5.74) is 7.87. The number of hydrogen-bond donors (Lipinski definition) is 2. The van der Waals surface area contributed by atoms with Crippen LogP contribution in [0, 0.1) is 0 Å². The molecule has 0 spiro atoms. The van der Waals surface area contributed by atoms with Gasteiger partial charge in [-0.3, -0.25) is 5.43 Å². The van der Waals surface area contributed by atoms with Crippen LogP contribution in [-0.4, -0.2) is 22.1 Å². The first-order chi connectivity index (χ1) is 9.86. The van der Waals surface area contributed by atoms with Gasteiger partial charge in [0.05, 0.1) is 23.3 Å². The summed E-state index contributed by atoms with van der Waals surface area (Å²) < 4.78 is 0. The van der Waals surface area contributed by atoms with Gasteiger partial charge in [0.2, 0.25) is 0 Å². The monoisotopic (exact) mass is 304 g/mol. The van der Waals surface area contributed by atoms with Crippen LogP contribution in [0.3, 0.4) is 0 Å². The lowest BCUT2D eigenvalue weighted by Crippen LogP contribution is -2.25. The maximum atomic E-state index is 10.8. The molecule has 0 aliphatic carbocycles. The molecule has 21 heavy (non-hydrogen) atoms. The highest BCUT2D eigenvalue weighted by Crippen LogP contribution is 2.22. The third kappa shape index (κ3) is 3.39. The summed E-state index contributed by atoms with van der Waals surface area (Å²) in [6, 6.07) is 3.30. The number of benzene rings is 1. The summed E-state index contributed by atoms with van der Waals surface area (Å²) >= 11 is 1.07. The molecule has 3 N–H and O–H groups in total. The molecule has 0 bridgehead atoms. The van der Waals surface area contributed by atoms with Crippen molar-refractivity contribution in [3.63, 3.8) is 0 Å². The standard InChI is InChI=1S/C12H10N4O4S/c1-5-9(21-12(13)14-5)16-15-8-3-6(10(17)18)2-7(4-8)11(19)20/h2-4,15H,1H2,(H2,13,14)(H,17,18)(H,19,20)/p-2. The predicted molar refractivity (Wildman–Crippen MR) is 74.5 cm³/mol. The number of thioether (sulfide) groups is 1. The smallest absolute Gasteiger partial charge is 0.165 e. The molecular weight excluding hydrogens is 296 g/mol. The SMILES string of the molecule is C=C1N=C(N)SC1=NNc1cc(C(=O)[O-])cc(C(=O)[O-])c1. The van der Waals surface area contributed by atoms with Crippen molar-refractivity contribution in [1.29, 1.82) is 0 Å². The highest BCUT2D eigenvalue weighted by atomic mass is 32.2. The third-order valence-electron chi connectivity index (χ3n) is 2.38. The van der Waals surface area contributed by atoms with Crippen molar-refractivity contribution in [2.45, 2.75) is 0 Å². The van der Waals surface area contributed by atoms with Crippen LogP contribution in [0.5, 0.6) is 0 Å². The highest BCUT2D eigenvalue weighted by molar-refractivity contribution is 8.27. The van der Waals surface area contributed by atoms with Crippen molar-refractivity contribution in [3.8, 4) is 0 Å². The maximum Gasteiger partial charge on any atom is 0.165 e. The lowest BCUT2D eigenvalue weighted by Gasteiger charge is -2.11. The minimum atomic E-state index is -1.51. The molecule has 1 aliphatic heterocycles.